The summed E-state index contributed by atoms with van der Waals surface area (Å²) in [4.78, 5) is 23.8. The van der Waals surface area contributed by atoms with Crippen molar-refractivity contribution < 1.29 is 75.9 Å². The molecule has 0 spiro atoms. The third kappa shape index (κ3) is 27.6. The predicted octanol–water partition coefficient (Wildman–Crippen LogP) is 4.46. The summed E-state index contributed by atoms with van der Waals surface area (Å²) in [6.45, 7) is 16.8. The van der Waals surface area contributed by atoms with E-state index in [0.29, 0.717) is 172 Å². The number of rotatable bonds is 41. The molecule has 17 heteroatoms. The molecular formula is C46H73NO16. The minimum atomic E-state index is -0.518. The monoisotopic (exact) mass is 895 g/mol. The van der Waals surface area contributed by atoms with Crippen LogP contribution in [0.4, 0.5) is 4.79 Å². The van der Waals surface area contributed by atoms with E-state index >= 15 is 0 Å². The highest BCUT2D eigenvalue weighted by molar-refractivity contribution is 5.79. The first-order valence-electron chi connectivity index (χ1n) is 22.1. The minimum absolute atomic E-state index is 0.0441. The summed E-state index contributed by atoms with van der Waals surface area (Å²) in [6, 6.07) is 16.6. The van der Waals surface area contributed by atoms with Crippen LogP contribution in [0.5, 0.6) is 0 Å². The summed E-state index contributed by atoms with van der Waals surface area (Å²) >= 11 is 0. The maximum absolute atomic E-state index is 12.3. The number of carbonyl (C=O) groups excluding carboxylic acids is 2. The highest BCUT2D eigenvalue weighted by Crippen LogP contribution is 2.44. The Morgan fingerprint density at radius 1 is 0.460 bits per heavy atom. The van der Waals surface area contributed by atoms with Crippen molar-refractivity contribution in [1.82, 2.24) is 5.32 Å². The number of carbonyl (C=O) groups is 2. The molecule has 2 aromatic rings. The molecule has 0 aliphatic heterocycles. The van der Waals surface area contributed by atoms with E-state index in [2.05, 4.69) is 29.6 Å². The predicted molar refractivity (Wildman–Crippen MR) is 233 cm³/mol. The van der Waals surface area contributed by atoms with E-state index in [4.69, 9.17) is 66.3 Å². The summed E-state index contributed by atoms with van der Waals surface area (Å²) in [5.74, 6) is -0.347. The Morgan fingerprint density at radius 2 is 0.778 bits per heavy atom. The first-order chi connectivity index (χ1) is 30.8. The normalized spacial score (nSPS) is 12.4. The fourth-order valence-corrected chi connectivity index (χ4v) is 5.96. The van der Waals surface area contributed by atoms with E-state index < -0.39 is 17.7 Å². The van der Waals surface area contributed by atoms with Gasteiger partial charge in [0.05, 0.1) is 145 Å². The number of alkyl carbamates (subject to hydrolysis) is 1. The molecule has 1 amide bonds. The molecule has 358 valence electrons. The van der Waals surface area contributed by atoms with Crippen molar-refractivity contribution in [2.75, 3.05) is 172 Å². The van der Waals surface area contributed by atoms with Crippen LogP contribution in [-0.4, -0.2) is 189 Å². The number of hydrogen-bond donors (Lipinski definition) is 1. The summed E-state index contributed by atoms with van der Waals surface area (Å²) in [6.07, 6.45) is 0.259. The molecule has 0 radical (unpaired) electrons. The van der Waals surface area contributed by atoms with Gasteiger partial charge in [-0.25, -0.2) is 9.59 Å². The van der Waals surface area contributed by atoms with E-state index in [1.807, 2.05) is 45.0 Å². The van der Waals surface area contributed by atoms with Gasteiger partial charge in [-0.15, -0.1) is 0 Å². The van der Waals surface area contributed by atoms with Gasteiger partial charge in [-0.3, -0.25) is 0 Å². The fraction of sp³-hybridized carbons (Fsp3) is 0.696. The molecule has 17 nitrogen and oxygen atoms in total. The Balaban J connectivity index is 0.917. The molecule has 2 aromatic carbocycles. The van der Waals surface area contributed by atoms with Crippen LogP contribution in [-0.2, 0) is 71.1 Å². The molecule has 0 saturated carbocycles. The fourth-order valence-electron chi connectivity index (χ4n) is 5.96. The molecule has 0 unspecified atom stereocenters. The third-order valence-electron chi connectivity index (χ3n) is 8.81. The van der Waals surface area contributed by atoms with Gasteiger partial charge in [-0.2, -0.15) is 0 Å². The molecule has 0 fully saturated rings. The molecular weight excluding hydrogens is 822 g/mol. The van der Waals surface area contributed by atoms with Crippen molar-refractivity contribution in [3.8, 4) is 11.1 Å². The lowest BCUT2D eigenvalue weighted by atomic mass is 9.98. The van der Waals surface area contributed by atoms with Crippen LogP contribution in [0.1, 0.15) is 44.2 Å². The van der Waals surface area contributed by atoms with Crippen LogP contribution >= 0.6 is 0 Å². The highest BCUT2D eigenvalue weighted by atomic mass is 16.6. The first kappa shape index (κ1) is 54.0. The van der Waals surface area contributed by atoms with Gasteiger partial charge < -0.3 is 71.6 Å². The number of fused-ring (bicyclic) bond motifs is 3. The van der Waals surface area contributed by atoms with Crippen LogP contribution in [0.25, 0.3) is 11.1 Å². The highest BCUT2D eigenvalue weighted by Gasteiger charge is 2.29. The lowest BCUT2D eigenvalue weighted by Crippen LogP contribution is -2.27. The van der Waals surface area contributed by atoms with Crippen LogP contribution in [0.15, 0.2) is 48.5 Å². The van der Waals surface area contributed by atoms with Gasteiger partial charge in [0.2, 0.25) is 0 Å². The zero-order chi connectivity index (χ0) is 44.9. The Kier molecular flexibility index (Phi) is 30.9. The Hall–Kier alpha value is -3.30. The van der Waals surface area contributed by atoms with E-state index in [-0.39, 0.29) is 12.5 Å². The van der Waals surface area contributed by atoms with Crippen molar-refractivity contribution in [1.29, 1.82) is 0 Å². The number of nitrogens with one attached hydrogen (secondary N) is 1. The lowest BCUT2D eigenvalue weighted by Gasteiger charge is -2.19. The van der Waals surface area contributed by atoms with Crippen LogP contribution in [0, 0.1) is 0 Å². The summed E-state index contributed by atoms with van der Waals surface area (Å²) in [7, 11) is 0. The second kappa shape index (κ2) is 36.0. The van der Waals surface area contributed by atoms with Gasteiger partial charge in [0.25, 0.3) is 0 Å². The molecule has 3 rings (SSSR count). The number of hydrogen-bond acceptors (Lipinski definition) is 16. The van der Waals surface area contributed by atoms with E-state index in [0.717, 1.165) is 0 Å². The molecule has 0 heterocycles. The average Bonchev–Trinajstić information content (AvgIpc) is 3.59. The van der Waals surface area contributed by atoms with Gasteiger partial charge in [0, 0.05) is 19.1 Å². The van der Waals surface area contributed by atoms with Crippen molar-refractivity contribution in [3.63, 3.8) is 0 Å². The van der Waals surface area contributed by atoms with E-state index in [1.165, 1.54) is 22.3 Å². The first-order valence-corrected chi connectivity index (χ1v) is 22.1. The van der Waals surface area contributed by atoms with Crippen LogP contribution in [0.2, 0.25) is 0 Å². The van der Waals surface area contributed by atoms with Gasteiger partial charge in [-0.05, 0) is 49.4 Å². The van der Waals surface area contributed by atoms with Crippen LogP contribution in [0.3, 0.4) is 0 Å². The van der Waals surface area contributed by atoms with E-state index in [9.17, 15) is 9.59 Å². The largest absolute Gasteiger partial charge is 0.458 e. The van der Waals surface area contributed by atoms with E-state index in [1.54, 1.807) is 0 Å². The number of esters is 1. The Labute approximate surface area is 373 Å². The number of amides is 1. The number of ether oxygens (including phenoxy) is 14. The summed E-state index contributed by atoms with van der Waals surface area (Å²) in [5.41, 5.74) is 4.27. The minimum Gasteiger partial charge on any atom is -0.458 e. The van der Waals surface area contributed by atoms with Crippen molar-refractivity contribution in [2.45, 2.75) is 38.7 Å². The van der Waals surface area contributed by atoms with Crippen molar-refractivity contribution in [3.05, 3.63) is 59.7 Å². The standard InChI is InChI=1S/C46H73NO16/c1-46(2,3)63-44(48)38-61-36-35-60-34-33-59-32-31-58-30-29-57-28-27-56-26-25-55-24-23-54-22-21-53-20-19-52-18-17-51-16-15-50-14-8-13-47-45(49)62-37-43-41-11-6-4-9-39(41)40-10-5-7-12-42(40)43/h4-7,9-12,43H,8,13-38H2,1-3H3,(H,47,49). The zero-order valence-electron chi connectivity index (χ0n) is 37.8. The Morgan fingerprint density at radius 3 is 1.13 bits per heavy atom. The maximum Gasteiger partial charge on any atom is 0.407 e. The van der Waals surface area contributed by atoms with Crippen molar-refractivity contribution >= 4 is 12.1 Å². The van der Waals surface area contributed by atoms with Gasteiger partial charge in [-0.1, -0.05) is 48.5 Å². The lowest BCUT2D eigenvalue weighted by molar-refractivity contribution is -0.160. The van der Waals surface area contributed by atoms with Crippen LogP contribution < -0.4 is 5.32 Å². The SMILES string of the molecule is CC(C)(C)OC(=O)COCCOCCOCCOCCOCCOCCOCCOCCOCCOCCOCCOCCCNC(=O)OCC1c2ccccc2-c2ccccc21. The third-order valence-corrected chi connectivity index (χ3v) is 8.81. The molecule has 1 aliphatic rings. The summed E-state index contributed by atoms with van der Waals surface area (Å²) in [5, 5.41) is 2.81. The molecule has 0 bridgehead atoms. The second-order valence-electron chi connectivity index (χ2n) is 15.0. The summed E-state index contributed by atoms with van der Waals surface area (Å²) < 4.78 is 76.4. The van der Waals surface area contributed by atoms with Gasteiger partial charge >= 0.3 is 12.1 Å². The van der Waals surface area contributed by atoms with Gasteiger partial charge in [0.1, 0.15) is 18.8 Å². The topological polar surface area (TPSA) is 175 Å². The smallest absolute Gasteiger partial charge is 0.407 e. The number of benzene rings is 2. The molecule has 0 aromatic heterocycles. The average molecular weight is 896 g/mol. The second-order valence-corrected chi connectivity index (χ2v) is 15.0. The zero-order valence-corrected chi connectivity index (χ0v) is 37.8. The molecule has 1 aliphatic carbocycles. The maximum atomic E-state index is 12.3. The molecule has 0 saturated heterocycles. The molecule has 0 atom stereocenters. The molecule has 63 heavy (non-hydrogen) atoms. The van der Waals surface area contributed by atoms with Gasteiger partial charge in [0.15, 0.2) is 0 Å². The molecule has 1 N–H and O–H groups in total. The quantitative estimate of drug-likeness (QED) is 0.0732. The van der Waals surface area contributed by atoms with Crippen molar-refractivity contribution in [2.24, 2.45) is 0 Å². The Bertz CT molecular complexity index is 1400.